The van der Waals surface area contributed by atoms with E-state index in [9.17, 15) is 0 Å². The third-order valence-corrected chi connectivity index (χ3v) is 2.72. The molecule has 12 heavy (non-hydrogen) atoms. The predicted octanol–water partition coefficient (Wildman–Crippen LogP) is 1.70. The van der Waals surface area contributed by atoms with Crippen LogP contribution in [0.4, 0.5) is 0 Å². The molecule has 2 aliphatic rings. The molecule has 0 unspecified atom stereocenters. The van der Waals surface area contributed by atoms with E-state index in [1.807, 2.05) is 0 Å². The zero-order valence-corrected chi connectivity index (χ0v) is 7.72. The van der Waals surface area contributed by atoms with Crippen molar-refractivity contribution in [3.63, 3.8) is 0 Å². The molecule has 0 amide bonds. The first-order chi connectivity index (χ1) is 5.95. The Morgan fingerprint density at radius 3 is 2.33 bits per heavy atom. The summed E-state index contributed by atoms with van der Waals surface area (Å²) in [5.41, 5.74) is 0. The van der Waals surface area contributed by atoms with Gasteiger partial charge in [-0.25, -0.2) is 0 Å². The molecule has 2 aliphatic heterocycles. The van der Waals surface area contributed by atoms with Crippen LogP contribution < -0.4 is 5.32 Å². The van der Waals surface area contributed by atoms with Gasteiger partial charge in [0.25, 0.3) is 0 Å². The monoisotopic (exact) mass is 169 g/mol. The Balaban J connectivity index is 1.31. The van der Waals surface area contributed by atoms with E-state index in [0.29, 0.717) is 6.10 Å². The maximum absolute atomic E-state index is 5.15. The number of nitrogens with one attached hydrogen (secondary N) is 1. The van der Waals surface area contributed by atoms with Crippen molar-refractivity contribution in [1.82, 2.24) is 5.32 Å². The van der Waals surface area contributed by atoms with Crippen LogP contribution in [0.1, 0.15) is 38.5 Å². The summed E-state index contributed by atoms with van der Waals surface area (Å²) < 4.78 is 5.15. The third-order valence-electron chi connectivity index (χ3n) is 2.72. The minimum Gasteiger partial charge on any atom is -0.373 e. The van der Waals surface area contributed by atoms with E-state index in [1.54, 1.807) is 0 Å². The minimum atomic E-state index is 0.648. The summed E-state index contributed by atoms with van der Waals surface area (Å²) in [6.45, 7) is 2.31. The Morgan fingerprint density at radius 1 is 1.08 bits per heavy atom. The fourth-order valence-corrected chi connectivity index (χ4v) is 1.64. The van der Waals surface area contributed by atoms with Gasteiger partial charge >= 0.3 is 0 Å². The molecule has 0 aromatic carbocycles. The molecule has 0 radical (unpaired) electrons. The van der Waals surface area contributed by atoms with Crippen LogP contribution in [0.2, 0.25) is 0 Å². The molecule has 0 aromatic rings. The van der Waals surface area contributed by atoms with Crippen molar-refractivity contribution in [3.8, 4) is 0 Å². The van der Waals surface area contributed by atoms with Crippen LogP contribution in [0.25, 0.3) is 0 Å². The second-order valence-corrected chi connectivity index (χ2v) is 4.05. The predicted molar refractivity (Wildman–Crippen MR) is 49.2 cm³/mol. The quantitative estimate of drug-likeness (QED) is 0.465. The number of hydrogen-bond acceptors (Lipinski definition) is 2. The summed E-state index contributed by atoms with van der Waals surface area (Å²) in [7, 11) is 0. The summed E-state index contributed by atoms with van der Waals surface area (Å²) in [5, 5.41) is 3.33. The molecule has 2 saturated heterocycles. The van der Waals surface area contributed by atoms with Crippen LogP contribution in [-0.2, 0) is 4.74 Å². The largest absolute Gasteiger partial charge is 0.373 e. The van der Waals surface area contributed by atoms with E-state index in [0.717, 1.165) is 12.6 Å². The molecule has 2 fully saturated rings. The van der Waals surface area contributed by atoms with Crippen LogP contribution in [-0.4, -0.2) is 25.3 Å². The van der Waals surface area contributed by atoms with E-state index in [1.165, 1.54) is 45.1 Å². The summed E-state index contributed by atoms with van der Waals surface area (Å²) in [6.07, 6.45) is 8.99. The van der Waals surface area contributed by atoms with Gasteiger partial charge in [-0.2, -0.15) is 0 Å². The number of ether oxygens (including phenoxy) is 1. The van der Waals surface area contributed by atoms with E-state index in [-0.39, 0.29) is 0 Å². The number of epoxide rings is 1. The van der Waals surface area contributed by atoms with E-state index in [4.69, 9.17) is 4.74 Å². The van der Waals surface area contributed by atoms with Gasteiger partial charge in [-0.15, -0.1) is 0 Å². The molecule has 70 valence electrons. The minimum absolute atomic E-state index is 0.648. The fourth-order valence-electron chi connectivity index (χ4n) is 1.64. The first-order valence-corrected chi connectivity index (χ1v) is 5.30. The highest BCUT2D eigenvalue weighted by molar-refractivity contribution is 4.82. The van der Waals surface area contributed by atoms with Gasteiger partial charge in [0, 0.05) is 12.6 Å². The highest BCUT2D eigenvalue weighted by Crippen LogP contribution is 2.18. The lowest BCUT2D eigenvalue weighted by molar-refractivity contribution is 0.387. The highest BCUT2D eigenvalue weighted by atomic mass is 16.6. The van der Waals surface area contributed by atoms with E-state index < -0.39 is 0 Å². The van der Waals surface area contributed by atoms with Crippen molar-refractivity contribution in [2.45, 2.75) is 50.7 Å². The molecular formula is C10H19NO. The second kappa shape index (κ2) is 4.24. The van der Waals surface area contributed by atoms with Crippen molar-refractivity contribution in [1.29, 1.82) is 0 Å². The van der Waals surface area contributed by atoms with Gasteiger partial charge < -0.3 is 10.1 Å². The lowest BCUT2D eigenvalue weighted by atomic mass is 10.1. The van der Waals surface area contributed by atoms with Gasteiger partial charge in [-0.1, -0.05) is 25.7 Å². The molecule has 2 rings (SSSR count). The Hall–Kier alpha value is -0.0800. The van der Waals surface area contributed by atoms with Gasteiger partial charge in [-0.3, -0.25) is 0 Å². The SMILES string of the molecule is C(CCC[C@@H]1CO1)CC[C@H]1CN1. The Kier molecular flexibility index (Phi) is 3.01. The maximum Gasteiger partial charge on any atom is 0.0810 e. The number of rotatable bonds is 7. The first kappa shape index (κ1) is 8.52. The summed E-state index contributed by atoms with van der Waals surface area (Å²) in [5.74, 6) is 0. The molecule has 2 heterocycles. The van der Waals surface area contributed by atoms with Crippen molar-refractivity contribution >= 4 is 0 Å². The van der Waals surface area contributed by atoms with Crippen LogP contribution in [0, 0.1) is 0 Å². The standard InChI is InChI=1S/C10H19NO/c1(3-5-9-7-11-9)2-4-6-10-8-12-10/h9-11H,1-8H2/t9-,10+/m0/s1. The molecule has 0 bridgehead atoms. The molecule has 2 atom stereocenters. The van der Waals surface area contributed by atoms with Crippen LogP contribution in [0.15, 0.2) is 0 Å². The number of unbranched alkanes of at least 4 members (excludes halogenated alkanes) is 3. The van der Waals surface area contributed by atoms with Gasteiger partial charge in [0.2, 0.25) is 0 Å². The molecule has 0 aromatic heterocycles. The van der Waals surface area contributed by atoms with Crippen molar-refractivity contribution in [2.24, 2.45) is 0 Å². The molecule has 2 nitrogen and oxygen atoms in total. The van der Waals surface area contributed by atoms with Crippen molar-refractivity contribution < 1.29 is 4.74 Å². The summed E-state index contributed by atoms with van der Waals surface area (Å²) >= 11 is 0. The first-order valence-electron chi connectivity index (χ1n) is 5.30. The third kappa shape index (κ3) is 3.55. The molecule has 0 aliphatic carbocycles. The lowest BCUT2D eigenvalue weighted by Gasteiger charge is -1.98. The van der Waals surface area contributed by atoms with Crippen LogP contribution >= 0.6 is 0 Å². The molecular weight excluding hydrogens is 150 g/mol. The Bertz CT molecular complexity index is 114. The summed E-state index contributed by atoms with van der Waals surface area (Å²) in [6, 6.07) is 0.886. The second-order valence-electron chi connectivity index (χ2n) is 4.05. The van der Waals surface area contributed by atoms with Gasteiger partial charge in [0.15, 0.2) is 0 Å². The van der Waals surface area contributed by atoms with Crippen molar-refractivity contribution in [2.75, 3.05) is 13.2 Å². The van der Waals surface area contributed by atoms with Gasteiger partial charge in [0.1, 0.15) is 0 Å². The fraction of sp³-hybridized carbons (Fsp3) is 1.00. The average molecular weight is 169 g/mol. The normalized spacial score (nSPS) is 32.0. The van der Waals surface area contributed by atoms with Crippen molar-refractivity contribution in [3.05, 3.63) is 0 Å². The molecule has 0 saturated carbocycles. The average Bonchev–Trinajstić information content (AvgIpc) is 2.89. The Labute approximate surface area is 74.7 Å². The van der Waals surface area contributed by atoms with E-state index >= 15 is 0 Å². The summed E-state index contributed by atoms with van der Waals surface area (Å²) in [4.78, 5) is 0. The smallest absolute Gasteiger partial charge is 0.0810 e. The molecule has 0 spiro atoms. The topological polar surface area (TPSA) is 34.5 Å². The van der Waals surface area contributed by atoms with Crippen LogP contribution in [0.3, 0.4) is 0 Å². The maximum atomic E-state index is 5.15. The molecule has 1 N–H and O–H groups in total. The number of hydrogen-bond donors (Lipinski definition) is 1. The highest BCUT2D eigenvalue weighted by Gasteiger charge is 2.21. The zero-order valence-electron chi connectivity index (χ0n) is 7.72. The van der Waals surface area contributed by atoms with Gasteiger partial charge in [-0.05, 0) is 12.8 Å². The van der Waals surface area contributed by atoms with Gasteiger partial charge in [0.05, 0.1) is 12.7 Å². The Morgan fingerprint density at radius 2 is 1.75 bits per heavy atom. The van der Waals surface area contributed by atoms with E-state index in [2.05, 4.69) is 5.32 Å². The lowest BCUT2D eigenvalue weighted by Crippen LogP contribution is -1.90. The van der Waals surface area contributed by atoms with Crippen LogP contribution in [0.5, 0.6) is 0 Å². The zero-order chi connectivity index (χ0) is 8.23. The molecule has 2 heteroatoms.